The Morgan fingerprint density at radius 1 is 1.24 bits per heavy atom. The molecule has 3 aromatic rings. The van der Waals surface area contributed by atoms with Crippen molar-refractivity contribution < 1.29 is 28.2 Å². The Bertz CT molecular complexity index is 1200. The predicted octanol–water partition coefficient (Wildman–Crippen LogP) is 3.27. The monoisotopic (exact) mass is 477 g/mol. The van der Waals surface area contributed by atoms with Crippen LogP contribution in [0, 0.1) is 0 Å². The Balaban J connectivity index is 1.67. The van der Waals surface area contributed by atoms with Crippen LogP contribution in [0.3, 0.4) is 0 Å². The van der Waals surface area contributed by atoms with E-state index in [1.807, 2.05) is 4.90 Å². The van der Waals surface area contributed by atoms with Gasteiger partial charge in [-0.2, -0.15) is 13.2 Å². The number of β-amino-alcohol motifs (C(OH)–C–C–N with tert-alkyl or cyclic N) is 1. The highest BCUT2D eigenvalue weighted by Gasteiger charge is 2.33. The molecule has 3 aromatic heterocycles. The van der Waals surface area contributed by atoms with Gasteiger partial charge in [-0.15, -0.1) is 0 Å². The average molecular weight is 477 g/mol. The number of carbonyl (C=O) groups excluding carboxylic acids is 1. The molecule has 1 fully saturated rings. The molecule has 0 aliphatic carbocycles. The van der Waals surface area contributed by atoms with Gasteiger partial charge in [0.05, 0.1) is 28.8 Å². The van der Waals surface area contributed by atoms with Crippen molar-refractivity contribution in [2.24, 2.45) is 0 Å². The predicted molar refractivity (Wildman–Crippen MR) is 120 cm³/mol. The summed E-state index contributed by atoms with van der Waals surface area (Å²) in [5.41, 5.74) is -0.0384. The van der Waals surface area contributed by atoms with E-state index in [4.69, 9.17) is 0 Å². The normalized spacial score (nSPS) is 16.9. The molecule has 1 amide bonds. The van der Waals surface area contributed by atoms with E-state index in [0.29, 0.717) is 49.4 Å². The first-order chi connectivity index (χ1) is 15.9. The molecule has 0 spiro atoms. The fourth-order valence-corrected chi connectivity index (χ4v) is 3.85. The highest BCUT2D eigenvalue weighted by Crippen LogP contribution is 2.32. The zero-order valence-electron chi connectivity index (χ0n) is 18.8. The summed E-state index contributed by atoms with van der Waals surface area (Å²) in [4.78, 5) is 22.8. The number of hydrogen-bond acceptors (Lipinski definition) is 6. The number of halogens is 3. The molecule has 11 heteroatoms. The first kappa shape index (κ1) is 24.0. The van der Waals surface area contributed by atoms with Gasteiger partial charge in [0.1, 0.15) is 17.0 Å². The number of aliphatic hydroxyl groups is 2. The summed E-state index contributed by atoms with van der Waals surface area (Å²) < 4.78 is 40.8. The highest BCUT2D eigenvalue weighted by molar-refractivity contribution is 6.04. The summed E-state index contributed by atoms with van der Waals surface area (Å²) >= 11 is 0. The zero-order chi connectivity index (χ0) is 24.7. The number of hydrogen-bond donors (Lipinski definition) is 3. The molecule has 0 unspecified atom stereocenters. The van der Waals surface area contributed by atoms with E-state index in [1.165, 1.54) is 6.07 Å². The minimum Gasteiger partial charge on any atom is -0.391 e. The maximum absolute atomic E-state index is 13.0. The lowest BCUT2D eigenvalue weighted by atomic mass is 10.0. The van der Waals surface area contributed by atoms with Gasteiger partial charge in [-0.25, -0.2) is 9.97 Å². The van der Waals surface area contributed by atoms with Crippen LogP contribution in [-0.2, 0) is 12.6 Å². The number of imidazole rings is 1. The largest absolute Gasteiger partial charge is 0.433 e. The number of pyridine rings is 2. The number of aliphatic hydroxyl groups excluding tert-OH is 1. The van der Waals surface area contributed by atoms with Gasteiger partial charge in [-0.3, -0.25) is 4.79 Å². The minimum atomic E-state index is -4.66. The Morgan fingerprint density at radius 3 is 2.65 bits per heavy atom. The van der Waals surface area contributed by atoms with Gasteiger partial charge < -0.3 is 24.8 Å². The van der Waals surface area contributed by atoms with E-state index in [0.717, 1.165) is 17.8 Å². The van der Waals surface area contributed by atoms with Crippen LogP contribution in [0.15, 0.2) is 36.7 Å². The minimum absolute atomic E-state index is 0.354. The number of fused-ring (bicyclic) bond motifs is 1. The Kier molecular flexibility index (Phi) is 6.26. The lowest BCUT2D eigenvalue weighted by molar-refractivity contribution is -0.141. The van der Waals surface area contributed by atoms with Crippen molar-refractivity contribution in [2.45, 2.75) is 51.0 Å². The molecule has 4 rings (SSSR count). The van der Waals surface area contributed by atoms with Crippen molar-refractivity contribution in [3.63, 3.8) is 0 Å². The Morgan fingerprint density at radius 2 is 2.00 bits per heavy atom. The van der Waals surface area contributed by atoms with E-state index in [-0.39, 0.29) is 5.69 Å². The Hall–Kier alpha value is -3.18. The van der Waals surface area contributed by atoms with Crippen molar-refractivity contribution in [3.05, 3.63) is 53.7 Å². The summed E-state index contributed by atoms with van der Waals surface area (Å²) in [7, 11) is 0. The molecule has 0 saturated carbocycles. The number of nitrogens with zero attached hydrogens (tertiary/aromatic N) is 4. The number of amides is 1. The molecule has 182 valence electrons. The lowest BCUT2D eigenvalue weighted by Crippen LogP contribution is -2.24. The first-order valence-electron chi connectivity index (χ1n) is 10.9. The van der Waals surface area contributed by atoms with E-state index in [1.54, 1.807) is 36.7 Å². The molecule has 8 nitrogen and oxygen atoms in total. The van der Waals surface area contributed by atoms with Crippen molar-refractivity contribution in [1.82, 2.24) is 14.4 Å². The fourth-order valence-electron chi connectivity index (χ4n) is 3.85. The molecule has 0 aromatic carbocycles. The zero-order valence-corrected chi connectivity index (χ0v) is 18.8. The van der Waals surface area contributed by atoms with Gasteiger partial charge in [0.25, 0.3) is 5.91 Å². The second-order valence-corrected chi connectivity index (χ2v) is 9.13. The third-order valence-corrected chi connectivity index (χ3v) is 5.64. The van der Waals surface area contributed by atoms with E-state index >= 15 is 0 Å². The summed E-state index contributed by atoms with van der Waals surface area (Å²) in [5, 5.41) is 22.7. The average Bonchev–Trinajstić information content (AvgIpc) is 3.36. The van der Waals surface area contributed by atoms with Gasteiger partial charge in [-0.1, -0.05) is 6.07 Å². The summed E-state index contributed by atoms with van der Waals surface area (Å²) in [6.45, 7) is 4.34. The number of nitrogens with one attached hydrogen (secondary N) is 1. The van der Waals surface area contributed by atoms with Crippen LogP contribution in [0.2, 0.25) is 0 Å². The van der Waals surface area contributed by atoms with Crippen LogP contribution < -0.4 is 10.2 Å². The van der Waals surface area contributed by atoms with Gasteiger partial charge in [-0.05, 0) is 45.2 Å². The molecule has 1 aliphatic rings. The van der Waals surface area contributed by atoms with Crippen molar-refractivity contribution in [3.8, 4) is 0 Å². The summed E-state index contributed by atoms with van der Waals surface area (Å²) in [5.74, 6) is -0.784. The first-order valence-corrected chi connectivity index (χ1v) is 10.9. The number of anilines is 2. The smallest absolute Gasteiger partial charge is 0.391 e. The fraction of sp³-hybridized carbons (Fsp3) is 0.435. The molecular weight excluding hydrogens is 451 g/mol. The van der Waals surface area contributed by atoms with Crippen molar-refractivity contribution in [1.29, 1.82) is 0 Å². The molecular formula is C23H26F3N5O3. The van der Waals surface area contributed by atoms with Crippen LogP contribution in [0.1, 0.15) is 48.6 Å². The maximum atomic E-state index is 13.0. The van der Waals surface area contributed by atoms with Gasteiger partial charge in [0, 0.05) is 31.5 Å². The molecule has 0 radical (unpaired) electrons. The third kappa shape index (κ3) is 5.48. The number of aromatic nitrogens is 3. The molecule has 0 bridgehead atoms. The van der Waals surface area contributed by atoms with E-state index in [9.17, 15) is 28.2 Å². The topological polar surface area (TPSA) is 103 Å². The third-order valence-electron chi connectivity index (χ3n) is 5.64. The van der Waals surface area contributed by atoms with Crippen molar-refractivity contribution >= 4 is 22.9 Å². The van der Waals surface area contributed by atoms with Crippen LogP contribution in [0.25, 0.3) is 5.65 Å². The van der Waals surface area contributed by atoms with Gasteiger partial charge in [0.2, 0.25) is 0 Å². The van der Waals surface area contributed by atoms with Crippen LogP contribution in [0.5, 0.6) is 0 Å². The molecule has 1 saturated heterocycles. The highest BCUT2D eigenvalue weighted by atomic mass is 19.4. The van der Waals surface area contributed by atoms with E-state index < -0.39 is 29.5 Å². The quantitative estimate of drug-likeness (QED) is 0.504. The molecule has 34 heavy (non-hydrogen) atoms. The summed E-state index contributed by atoms with van der Waals surface area (Å²) in [6, 6.07) is 4.92. The van der Waals surface area contributed by atoms with Crippen LogP contribution in [0.4, 0.5) is 24.5 Å². The number of aryl methyl sites for hydroxylation is 1. The maximum Gasteiger partial charge on any atom is 0.433 e. The Labute approximate surface area is 194 Å². The van der Waals surface area contributed by atoms with Crippen LogP contribution >= 0.6 is 0 Å². The number of alkyl halides is 3. The van der Waals surface area contributed by atoms with Crippen LogP contribution in [-0.4, -0.2) is 55.3 Å². The molecule has 1 aliphatic heterocycles. The second-order valence-electron chi connectivity index (χ2n) is 9.13. The number of carbonyl (C=O) groups is 1. The second kappa shape index (κ2) is 8.88. The van der Waals surface area contributed by atoms with Gasteiger partial charge in [0.15, 0.2) is 0 Å². The lowest BCUT2D eigenvalue weighted by Gasteiger charge is -2.22. The standard InChI is InChI=1S/C23H26F3N5O3/c1-22(2,34)8-6-14-11-31-13-17(18(10-20(31)27-14)30-9-7-15(32)12-30)29-21(33)16-4-3-5-19(28-16)23(24,25)26/h3-5,10-11,13,15,32,34H,6-9,12H2,1-2H3,(H,29,33)/t15-/m0/s1. The molecule has 4 heterocycles. The molecule has 3 N–H and O–H groups in total. The van der Waals surface area contributed by atoms with Crippen molar-refractivity contribution in [2.75, 3.05) is 23.3 Å². The van der Waals surface area contributed by atoms with Gasteiger partial charge >= 0.3 is 6.18 Å². The number of rotatable bonds is 6. The summed E-state index contributed by atoms with van der Waals surface area (Å²) in [6.07, 6.45) is -0.164. The SMILES string of the molecule is CC(C)(O)CCc1cn2cc(NC(=O)c3cccc(C(F)(F)F)n3)c(N3CC[C@H](O)C3)cc2n1. The molecule has 1 atom stereocenters. The van der Waals surface area contributed by atoms with E-state index in [2.05, 4.69) is 15.3 Å².